The lowest BCUT2D eigenvalue weighted by atomic mass is 10.0. The Hall–Kier alpha value is -2.33. The van der Waals surface area contributed by atoms with Crippen LogP contribution in [0.5, 0.6) is 5.75 Å². The van der Waals surface area contributed by atoms with Gasteiger partial charge in [-0.15, -0.1) is 0 Å². The second-order valence-corrected chi connectivity index (χ2v) is 5.08. The third-order valence-corrected chi connectivity index (χ3v) is 3.68. The van der Waals surface area contributed by atoms with Crippen molar-refractivity contribution < 1.29 is 14.6 Å². The first-order chi connectivity index (χ1) is 10.3. The second kappa shape index (κ2) is 5.97. The predicted octanol–water partition coefficient (Wildman–Crippen LogP) is 2.71. The van der Waals surface area contributed by atoms with Gasteiger partial charge in [-0.2, -0.15) is 0 Å². The fourth-order valence-corrected chi connectivity index (χ4v) is 2.71. The molecule has 0 amide bonds. The molecule has 108 valence electrons. The van der Waals surface area contributed by atoms with Crippen molar-refractivity contribution in [3.63, 3.8) is 0 Å². The van der Waals surface area contributed by atoms with Crippen LogP contribution in [-0.4, -0.2) is 29.1 Å². The van der Waals surface area contributed by atoms with Crippen molar-refractivity contribution in [2.75, 3.05) is 13.2 Å². The number of para-hydroxylation sites is 1. The molecule has 0 radical (unpaired) electrons. The molecular weight excluding hydrogens is 266 g/mol. The first-order valence-corrected chi connectivity index (χ1v) is 6.98. The van der Waals surface area contributed by atoms with Gasteiger partial charge in [-0.25, -0.2) is 0 Å². The minimum atomic E-state index is -0.844. The Kier molecular flexibility index (Phi) is 3.88. The minimum Gasteiger partial charge on any atom is -0.492 e. The van der Waals surface area contributed by atoms with Crippen molar-refractivity contribution in [2.24, 2.45) is 0 Å². The number of rotatable bonds is 3. The maximum absolute atomic E-state index is 11.8. The Labute approximate surface area is 123 Å². The van der Waals surface area contributed by atoms with Crippen molar-refractivity contribution in [1.29, 1.82) is 0 Å². The van der Waals surface area contributed by atoms with Gasteiger partial charge in [0.1, 0.15) is 18.4 Å². The standard InChI is InChI=1S/C17H17NO3/c19-17(20)16-14-8-4-5-9-15(14)21-11-10-18(16)12-13-6-2-1-3-7-13/h1-9,16H,10-12H2,(H,19,20)/t16-/m1/s1. The van der Waals surface area contributed by atoms with Crippen molar-refractivity contribution in [2.45, 2.75) is 12.6 Å². The topological polar surface area (TPSA) is 49.8 Å². The quantitative estimate of drug-likeness (QED) is 0.941. The zero-order valence-electron chi connectivity index (χ0n) is 11.6. The molecule has 0 aromatic heterocycles. The number of nitrogens with zero attached hydrogens (tertiary/aromatic N) is 1. The number of hydrogen-bond donors (Lipinski definition) is 1. The monoisotopic (exact) mass is 283 g/mol. The van der Waals surface area contributed by atoms with E-state index in [2.05, 4.69) is 0 Å². The van der Waals surface area contributed by atoms with Gasteiger partial charge in [0.05, 0.1) is 0 Å². The summed E-state index contributed by atoms with van der Waals surface area (Å²) in [6.07, 6.45) is 0. The van der Waals surface area contributed by atoms with Crippen LogP contribution in [0.1, 0.15) is 17.2 Å². The predicted molar refractivity (Wildman–Crippen MR) is 79.2 cm³/mol. The number of fused-ring (bicyclic) bond motifs is 1. The van der Waals surface area contributed by atoms with Crippen LogP contribution in [0.2, 0.25) is 0 Å². The van der Waals surface area contributed by atoms with Gasteiger partial charge in [-0.1, -0.05) is 48.5 Å². The van der Waals surface area contributed by atoms with E-state index in [1.807, 2.05) is 59.5 Å². The molecule has 0 fully saturated rings. The maximum Gasteiger partial charge on any atom is 0.325 e. The molecule has 0 saturated heterocycles. The largest absolute Gasteiger partial charge is 0.492 e. The summed E-state index contributed by atoms with van der Waals surface area (Å²) in [7, 11) is 0. The van der Waals surface area contributed by atoms with Gasteiger partial charge in [0, 0.05) is 18.7 Å². The molecule has 1 aliphatic rings. The molecule has 2 aromatic rings. The number of aliphatic carboxylic acids is 1. The smallest absolute Gasteiger partial charge is 0.325 e. The lowest BCUT2D eigenvalue weighted by Crippen LogP contribution is -2.34. The van der Waals surface area contributed by atoms with E-state index in [1.165, 1.54) is 0 Å². The third kappa shape index (κ3) is 2.90. The summed E-state index contributed by atoms with van der Waals surface area (Å²) in [4.78, 5) is 13.7. The van der Waals surface area contributed by atoms with Crippen LogP contribution in [0.3, 0.4) is 0 Å². The van der Waals surface area contributed by atoms with E-state index >= 15 is 0 Å². The van der Waals surface area contributed by atoms with Gasteiger partial charge < -0.3 is 9.84 Å². The molecule has 1 N–H and O–H groups in total. The summed E-state index contributed by atoms with van der Waals surface area (Å²) in [5, 5.41) is 9.66. The normalized spacial score (nSPS) is 18.4. The van der Waals surface area contributed by atoms with E-state index in [0.29, 0.717) is 25.4 Å². The molecular formula is C17H17NO3. The zero-order chi connectivity index (χ0) is 14.7. The Morgan fingerprint density at radius 1 is 1.14 bits per heavy atom. The maximum atomic E-state index is 11.8. The van der Waals surface area contributed by atoms with E-state index in [4.69, 9.17) is 4.74 Å². The number of carboxylic acids is 1. The number of ether oxygens (including phenoxy) is 1. The molecule has 4 heteroatoms. The molecule has 2 aromatic carbocycles. The summed E-state index contributed by atoms with van der Waals surface area (Å²) in [6, 6.07) is 16.6. The number of carboxylic acid groups (broad SMARTS) is 1. The van der Waals surface area contributed by atoms with Gasteiger partial charge in [-0.3, -0.25) is 9.69 Å². The third-order valence-electron chi connectivity index (χ3n) is 3.68. The molecule has 0 spiro atoms. The van der Waals surface area contributed by atoms with Gasteiger partial charge in [-0.05, 0) is 11.6 Å². The highest BCUT2D eigenvalue weighted by molar-refractivity contribution is 5.77. The molecule has 0 bridgehead atoms. The second-order valence-electron chi connectivity index (χ2n) is 5.08. The average molecular weight is 283 g/mol. The Bertz CT molecular complexity index is 627. The van der Waals surface area contributed by atoms with Gasteiger partial charge in [0.25, 0.3) is 0 Å². The Balaban J connectivity index is 1.94. The highest BCUT2D eigenvalue weighted by Crippen LogP contribution is 2.32. The van der Waals surface area contributed by atoms with Crippen molar-refractivity contribution >= 4 is 5.97 Å². The molecule has 1 heterocycles. The van der Waals surface area contributed by atoms with Crippen LogP contribution in [-0.2, 0) is 11.3 Å². The molecule has 1 atom stereocenters. The van der Waals surface area contributed by atoms with E-state index in [9.17, 15) is 9.90 Å². The Morgan fingerprint density at radius 2 is 1.86 bits per heavy atom. The van der Waals surface area contributed by atoms with Crippen LogP contribution in [0.4, 0.5) is 0 Å². The molecule has 0 saturated carbocycles. The summed E-state index contributed by atoms with van der Waals surface area (Å²) >= 11 is 0. The first-order valence-electron chi connectivity index (χ1n) is 6.98. The van der Waals surface area contributed by atoms with E-state index in [0.717, 1.165) is 11.1 Å². The highest BCUT2D eigenvalue weighted by atomic mass is 16.5. The van der Waals surface area contributed by atoms with Crippen LogP contribution < -0.4 is 4.74 Å². The Morgan fingerprint density at radius 3 is 2.62 bits per heavy atom. The van der Waals surface area contributed by atoms with Crippen LogP contribution in [0.15, 0.2) is 54.6 Å². The average Bonchev–Trinajstić information content (AvgIpc) is 2.67. The zero-order valence-corrected chi connectivity index (χ0v) is 11.6. The molecule has 21 heavy (non-hydrogen) atoms. The van der Waals surface area contributed by atoms with E-state index in [-0.39, 0.29) is 0 Å². The molecule has 4 nitrogen and oxygen atoms in total. The molecule has 1 aliphatic heterocycles. The molecule has 0 unspecified atom stereocenters. The lowest BCUT2D eigenvalue weighted by molar-refractivity contribution is -0.143. The van der Waals surface area contributed by atoms with Gasteiger partial charge in [0.15, 0.2) is 0 Å². The minimum absolute atomic E-state index is 0.494. The van der Waals surface area contributed by atoms with Crippen molar-refractivity contribution in [3.05, 3.63) is 65.7 Å². The van der Waals surface area contributed by atoms with Crippen molar-refractivity contribution in [3.8, 4) is 5.75 Å². The summed E-state index contributed by atoms with van der Waals surface area (Å²) < 4.78 is 5.69. The van der Waals surface area contributed by atoms with Crippen LogP contribution in [0.25, 0.3) is 0 Å². The SMILES string of the molecule is O=C(O)[C@H]1c2ccccc2OCCN1Cc1ccccc1. The van der Waals surface area contributed by atoms with E-state index < -0.39 is 12.0 Å². The van der Waals surface area contributed by atoms with Gasteiger partial charge >= 0.3 is 5.97 Å². The fourth-order valence-electron chi connectivity index (χ4n) is 2.71. The summed E-state index contributed by atoms with van der Waals surface area (Å²) in [5.41, 5.74) is 1.82. The summed E-state index contributed by atoms with van der Waals surface area (Å²) in [5.74, 6) is -0.177. The molecule has 0 aliphatic carbocycles. The first kappa shape index (κ1) is 13.6. The van der Waals surface area contributed by atoms with Crippen LogP contribution in [0, 0.1) is 0 Å². The summed E-state index contributed by atoms with van der Waals surface area (Å²) in [6.45, 7) is 1.67. The molecule has 3 rings (SSSR count). The van der Waals surface area contributed by atoms with Crippen molar-refractivity contribution in [1.82, 2.24) is 4.90 Å². The lowest BCUT2D eigenvalue weighted by Gasteiger charge is -2.26. The highest BCUT2D eigenvalue weighted by Gasteiger charge is 2.32. The number of carbonyl (C=O) groups is 1. The van der Waals surface area contributed by atoms with E-state index in [1.54, 1.807) is 0 Å². The van der Waals surface area contributed by atoms with Gasteiger partial charge in [0.2, 0.25) is 0 Å². The fraction of sp³-hybridized carbons (Fsp3) is 0.235. The number of hydrogen-bond acceptors (Lipinski definition) is 3. The van der Waals surface area contributed by atoms with Crippen LogP contribution >= 0.6 is 0 Å². The number of benzene rings is 2.